The van der Waals surface area contributed by atoms with Crippen LogP contribution < -0.4 is 23.8 Å². The minimum atomic E-state index is -3.65. The molecule has 42 heavy (non-hydrogen) atoms. The Balaban J connectivity index is 1.57. The fourth-order valence-corrected chi connectivity index (χ4v) is 5.82. The van der Waals surface area contributed by atoms with Crippen molar-refractivity contribution >= 4 is 27.5 Å². The molecule has 1 atom stereocenters. The van der Waals surface area contributed by atoms with E-state index in [1.165, 1.54) is 4.31 Å². The van der Waals surface area contributed by atoms with Crippen molar-refractivity contribution in [2.75, 3.05) is 37.6 Å². The van der Waals surface area contributed by atoms with Gasteiger partial charge in [0.25, 0.3) is 0 Å². The van der Waals surface area contributed by atoms with Gasteiger partial charge in [-0.2, -0.15) is 0 Å². The predicted molar refractivity (Wildman–Crippen MR) is 160 cm³/mol. The molecule has 0 radical (unpaired) electrons. The minimum Gasteiger partial charge on any atom is -0.497 e. The molecule has 11 heteroatoms. The van der Waals surface area contributed by atoms with E-state index in [-0.39, 0.29) is 44.5 Å². The maximum atomic E-state index is 13.9. The molecular weight excluding hydrogens is 558 g/mol. The number of anilines is 1. The molecule has 224 valence electrons. The number of rotatable bonds is 14. The van der Waals surface area contributed by atoms with Gasteiger partial charge in [0.05, 0.1) is 19.1 Å². The highest BCUT2D eigenvalue weighted by Crippen LogP contribution is 2.36. The van der Waals surface area contributed by atoms with Gasteiger partial charge >= 0.3 is 0 Å². The first-order valence-electron chi connectivity index (χ1n) is 13.8. The normalized spacial score (nSPS) is 12.8. The van der Waals surface area contributed by atoms with Crippen LogP contribution in [0.1, 0.15) is 30.9 Å². The molecule has 0 spiro atoms. The van der Waals surface area contributed by atoms with E-state index in [0.29, 0.717) is 35.9 Å². The van der Waals surface area contributed by atoms with Gasteiger partial charge in [-0.15, -0.1) is 0 Å². The van der Waals surface area contributed by atoms with Crippen LogP contribution in [0.15, 0.2) is 72.8 Å². The van der Waals surface area contributed by atoms with Crippen molar-refractivity contribution in [2.45, 2.75) is 38.8 Å². The van der Waals surface area contributed by atoms with Crippen molar-refractivity contribution in [3.05, 3.63) is 83.9 Å². The number of fused-ring (bicyclic) bond motifs is 1. The van der Waals surface area contributed by atoms with Gasteiger partial charge < -0.3 is 24.4 Å². The van der Waals surface area contributed by atoms with Crippen molar-refractivity contribution in [1.29, 1.82) is 0 Å². The van der Waals surface area contributed by atoms with Gasteiger partial charge in [-0.25, -0.2) is 8.42 Å². The fraction of sp³-hybridized carbons (Fsp3) is 0.355. The van der Waals surface area contributed by atoms with E-state index in [1.807, 2.05) is 61.5 Å². The third-order valence-corrected chi connectivity index (χ3v) is 8.10. The molecule has 0 aromatic heterocycles. The number of carbonyl (C=O) groups excluding carboxylic acids is 2. The lowest BCUT2D eigenvalue weighted by molar-refractivity contribution is -0.141. The summed E-state index contributed by atoms with van der Waals surface area (Å²) in [4.78, 5) is 28.8. The van der Waals surface area contributed by atoms with E-state index in [2.05, 4.69) is 5.32 Å². The highest BCUT2D eigenvalue weighted by molar-refractivity contribution is 7.92. The second kappa shape index (κ2) is 14.1. The SMILES string of the molecule is CCNC(=O)C(Cc1ccccc1)N(Cc1cccc(OC)c1)C(=O)CCCN(c1ccc2c(c1)OCO2)S(C)(=O)=O. The Bertz CT molecular complexity index is 1480. The summed E-state index contributed by atoms with van der Waals surface area (Å²) in [6, 6.07) is 21.1. The summed E-state index contributed by atoms with van der Waals surface area (Å²) in [5.74, 6) is 1.14. The van der Waals surface area contributed by atoms with Crippen LogP contribution >= 0.6 is 0 Å². The van der Waals surface area contributed by atoms with E-state index in [0.717, 1.165) is 17.4 Å². The third-order valence-electron chi connectivity index (χ3n) is 6.91. The number of carbonyl (C=O) groups is 2. The number of nitrogens with one attached hydrogen (secondary N) is 1. The van der Waals surface area contributed by atoms with Crippen molar-refractivity contribution in [1.82, 2.24) is 10.2 Å². The highest BCUT2D eigenvalue weighted by atomic mass is 32.2. The zero-order valence-electron chi connectivity index (χ0n) is 24.1. The molecular formula is C31H37N3O7S. The van der Waals surface area contributed by atoms with Crippen molar-refractivity contribution in [3.63, 3.8) is 0 Å². The molecule has 1 heterocycles. The molecule has 10 nitrogen and oxygen atoms in total. The third kappa shape index (κ3) is 7.94. The maximum absolute atomic E-state index is 13.9. The largest absolute Gasteiger partial charge is 0.497 e. The minimum absolute atomic E-state index is 0.0330. The second-order valence-corrected chi connectivity index (χ2v) is 11.9. The summed E-state index contributed by atoms with van der Waals surface area (Å²) < 4.78 is 42.8. The number of sulfonamides is 1. The van der Waals surface area contributed by atoms with Gasteiger partial charge in [-0.3, -0.25) is 13.9 Å². The lowest BCUT2D eigenvalue weighted by Gasteiger charge is -2.32. The Morgan fingerprint density at radius 1 is 0.976 bits per heavy atom. The van der Waals surface area contributed by atoms with Crippen molar-refractivity contribution in [2.24, 2.45) is 0 Å². The molecule has 3 aromatic carbocycles. The van der Waals surface area contributed by atoms with Gasteiger partial charge in [-0.05, 0) is 48.7 Å². The molecule has 0 saturated heterocycles. The average Bonchev–Trinajstić information content (AvgIpc) is 3.45. The Morgan fingerprint density at radius 3 is 2.43 bits per heavy atom. The Morgan fingerprint density at radius 2 is 1.71 bits per heavy atom. The Hall–Kier alpha value is -4.25. The molecule has 0 bridgehead atoms. The van der Waals surface area contributed by atoms with Crippen LogP contribution in [-0.2, 0) is 32.6 Å². The summed E-state index contributed by atoms with van der Waals surface area (Å²) in [6.45, 7) is 2.58. The monoisotopic (exact) mass is 595 g/mol. The quantitative estimate of drug-likeness (QED) is 0.302. The van der Waals surface area contributed by atoms with E-state index < -0.39 is 16.1 Å². The average molecular weight is 596 g/mol. The lowest BCUT2D eigenvalue weighted by Crippen LogP contribution is -2.50. The molecule has 1 N–H and O–H groups in total. The lowest BCUT2D eigenvalue weighted by atomic mass is 10.0. The maximum Gasteiger partial charge on any atom is 0.243 e. The molecule has 0 saturated carbocycles. The van der Waals surface area contributed by atoms with Gasteiger partial charge in [0.15, 0.2) is 11.5 Å². The number of methoxy groups -OCH3 is 1. The van der Waals surface area contributed by atoms with Gasteiger partial charge in [-0.1, -0.05) is 42.5 Å². The van der Waals surface area contributed by atoms with Gasteiger partial charge in [0, 0.05) is 38.5 Å². The van der Waals surface area contributed by atoms with Crippen LogP contribution in [0.5, 0.6) is 17.2 Å². The second-order valence-electron chi connectivity index (χ2n) is 9.95. The predicted octanol–water partition coefficient (Wildman–Crippen LogP) is 3.75. The first kappa shape index (κ1) is 30.7. The van der Waals surface area contributed by atoms with Crippen molar-refractivity contribution < 1.29 is 32.2 Å². The Labute approximate surface area is 247 Å². The van der Waals surface area contributed by atoms with E-state index >= 15 is 0 Å². The number of amides is 2. The molecule has 1 aliphatic heterocycles. The zero-order chi connectivity index (χ0) is 30.1. The molecule has 3 aromatic rings. The summed E-state index contributed by atoms with van der Waals surface area (Å²) in [5, 5.41) is 2.88. The standard InChI is InChI=1S/C31H37N3O7S/c1-4-32-31(36)27(19-23-10-6-5-7-11-23)33(21-24-12-8-13-26(18-24)39-2)30(35)14-9-17-34(42(3,37)38)25-15-16-28-29(20-25)41-22-40-28/h5-8,10-13,15-16,18,20,27H,4,9,14,17,19,21-22H2,1-3H3,(H,32,36). The topological polar surface area (TPSA) is 114 Å². The van der Waals surface area contributed by atoms with Crippen LogP contribution in [0, 0.1) is 0 Å². The van der Waals surface area contributed by atoms with Crippen LogP contribution in [0.2, 0.25) is 0 Å². The highest BCUT2D eigenvalue weighted by Gasteiger charge is 2.30. The number of hydrogen-bond donors (Lipinski definition) is 1. The molecule has 4 rings (SSSR count). The van der Waals surface area contributed by atoms with Crippen LogP contribution in [-0.4, -0.2) is 64.4 Å². The van der Waals surface area contributed by atoms with E-state index in [4.69, 9.17) is 14.2 Å². The molecule has 1 aliphatic rings. The van der Waals surface area contributed by atoms with Gasteiger partial charge in [0.1, 0.15) is 11.8 Å². The summed E-state index contributed by atoms with van der Waals surface area (Å²) in [5.41, 5.74) is 2.15. The van der Waals surface area contributed by atoms with Gasteiger partial charge in [0.2, 0.25) is 28.6 Å². The van der Waals surface area contributed by atoms with E-state index in [9.17, 15) is 18.0 Å². The summed E-state index contributed by atoms with van der Waals surface area (Å²) in [6.07, 6.45) is 1.72. The molecule has 0 aliphatic carbocycles. The number of likely N-dealkylation sites (N-methyl/N-ethyl adjacent to an activating group) is 1. The number of benzene rings is 3. The smallest absolute Gasteiger partial charge is 0.243 e. The summed E-state index contributed by atoms with van der Waals surface area (Å²) >= 11 is 0. The number of ether oxygens (including phenoxy) is 3. The van der Waals surface area contributed by atoms with Crippen molar-refractivity contribution in [3.8, 4) is 17.2 Å². The summed E-state index contributed by atoms with van der Waals surface area (Å²) in [7, 11) is -2.08. The zero-order valence-corrected chi connectivity index (χ0v) is 24.9. The molecule has 0 fully saturated rings. The fourth-order valence-electron chi connectivity index (χ4n) is 4.86. The van der Waals surface area contributed by atoms with Crippen LogP contribution in [0.4, 0.5) is 5.69 Å². The molecule has 1 unspecified atom stereocenters. The molecule has 2 amide bonds. The van der Waals surface area contributed by atoms with E-state index in [1.54, 1.807) is 30.2 Å². The Kier molecular flexibility index (Phi) is 10.3. The van der Waals surface area contributed by atoms with Crippen LogP contribution in [0.3, 0.4) is 0 Å². The number of hydrogen-bond acceptors (Lipinski definition) is 7. The first-order valence-corrected chi connectivity index (χ1v) is 15.7. The first-order chi connectivity index (χ1) is 20.2. The number of nitrogens with zero attached hydrogens (tertiary/aromatic N) is 2. The van der Waals surface area contributed by atoms with Crippen LogP contribution in [0.25, 0.3) is 0 Å².